The Bertz CT molecular complexity index is 1260. The number of aryl methyl sites for hydroxylation is 1. The minimum atomic E-state index is -4.61. The highest BCUT2D eigenvalue weighted by molar-refractivity contribution is 5.72. The summed E-state index contributed by atoms with van der Waals surface area (Å²) in [4.78, 5) is 16.6. The van der Waals surface area contributed by atoms with Crippen molar-refractivity contribution in [2.45, 2.75) is 38.1 Å². The van der Waals surface area contributed by atoms with E-state index < -0.39 is 29.2 Å². The Morgan fingerprint density at radius 3 is 2.61 bits per heavy atom. The predicted octanol–water partition coefficient (Wildman–Crippen LogP) is 3.94. The molecule has 2 amide bonds. The van der Waals surface area contributed by atoms with Crippen molar-refractivity contribution in [2.24, 2.45) is 5.73 Å². The minimum absolute atomic E-state index is 0.144. The van der Waals surface area contributed by atoms with E-state index in [4.69, 9.17) is 16.2 Å². The number of ether oxygens (including phenoxy) is 1. The zero-order valence-electron chi connectivity index (χ0n) is 19.6. The number of amides is 2. The van der Waals surface area contributed by atoms with Gasteiger partial charge < -0.3 is 21.1 Å². The summed E-state index contributed by atoms with van der Waals surface area (Å²) in [5.41, 5.74) is 11.3. The van der Waals surface area contributed by atoms with Gasteiger partial charge in [0.05, 0.1) is 36.6 Å². The van der Waals surface area contributed by atoms with Crippen molar-refractivity contribution in [2.75, 3.05) is 25.4 Å². The molecule has 0 bridgehead atoms. The highest BCUT2D eigenvalue weighted by atomic mass is 19.4. The number of aromatic nitrogens is 3. The second-order valence-corrected chi connectivity index (χ2v) is 8.63. The Morgan fingerprint density at radius 1 is 1.22 bits per heavy atom. The van der Waals surface area contributed by atoms with Crippen molar-refractivity contribution in [3.05, 3.63) is 65.2 Å². The van der Waals surface area contributed by atoms with Gasteiger partial charge in [0.25, 0.3) is 0 Å². The van der Waals surface area contributed by atoms with E-state index in [9.17, 15) is 22.4 Å². The molecule has 1 spiro atoms. The summed E-state index contributed by atoms with van der Waals surface area (Å²) in [6, 6.07) is 8.74. The number of urea groups is 1. The zero-order valence-corrected chi connectivity index (χ0v) is 19.6. The molecular weight excluding hydrogens is 480 g/mol. The lowest BCUT2D eigenvalue weighted by atomic mass is 9.96. The fourth-order valence-electron chi connectivity index (χ4n) is 4.39. The van der Waals surface area contributed by atoms with Crippen LogP contribution in [0.5, 0.6) is 0 Å². The van der Waals surface area contributed by atoms with Gasteiger partial charge in [-0.2, -0.15) is 18.3 Å². The summed E-state index contributed by atoms with van der Waals surface area (Å²) in [6.07, 6.45) is -1.91. The molecule has 1 unspecified atom stereocenters. The number of fused-ring (bicyclic) bond motifs is 2. The number of alkyl halides is 3. The topological polar surface area (TPSA) is 112 Å². The smallest absolute Gasteiger partial charge is 0.383 e. The molecule has 12 heteroatoms. The molecule has 2 aliphatic rings. The number of rotatable bonds is 2. The van der Waals surface area contributed by atoms with Crippen LogP contribution in [0.1, 0.15) is 30.2 Å². The van der Waals surface area contributed by atoms with Crippen LogP contribution in [0.4, 0.5) is 28.2 Å². The fraction of sp³-hybridized carbons (Fsp3) is 0.375. The first-order valence-corrected chi connectivity index (χ1v) is 11.4. The van der Waals surface area contributed by atoms with Gasteiger partial charge in [0.1, 0.15) is 17.2 Å². The molecule has 36 heavy (non-hydrogen) atoms. The van der Waals surface area contributed by atoms with Crippen LogP contribution in [0.15, 0.2) is 42.6 Å². The summed E-state index contributed by atoms with van der Waals surface area (Å²) < 4.78 is 59.4. The van der Waals surface area contributed by atoms with E-state index in [0.29, 0.717) is 37.5 Å². The van der Waals surface area contributed by atoms with E-state index in [2.05, 4.69) is 10.1 Å². The van der Waals surface area contributed by atoms with Crippen LogP contribution in [-0.2, 0) is 29.5 Å². The van der Waals surface area contributed by atoms with Gasteiger partial charge in [0.2, 0.25) is 0 Å². The Balaban J connectivity index is 0.000000286. The number of benzene rings is 1. The van der Waals surface area contributed by atoms with Gasteiger partial charge >= 0.3 is 12.2 Å². The third-order valence-electron chi connectivity index (χ3n) is 6.29. The standard InChI is InChI=1S/C16H17F3N6O2.C8H9F/c17-16(18,19)10-5-9(7-22-13(10)20)11-6-12-15(27-4-3-25(12)23-11)1-2-24(8-15)14(21)26;1-2-7-4-3-5-8(9)6-7/h5-7H,1-4,8H2,(H2,20,22)(H2,21,26);3-6H,2H2,1H3. The Kier molecular flexibility index (Phi) is 6.90. The molecule has 1 atom stereocenters. The lowest BCUT2D eigenvalue weighted by Crippen LogP contribution is -2.43. The first-order chi connectivity index (χ1) is 17.0. The Hall–Kier alpha value is -3.67. The van der Waals surface area contributed by atoms with Gasteiger partial charge in [-0.05, 0) is 36.2 Å². The number of hydrogen-bond donors (Lipinski definition) is 2. The number of pyridine rings is 1. The van der Waals surface area contributed by atoms with Crippen LogP contribution in [0, 0.1) is 5.82 Å². The van der Waals surface area contributed by atoms with Crippen molar-refractivity contribution in [3.8, 4) is 11.3 Å². The van der Waals surface area contributed by atoms with Crippen LogP contribution in [0.3, 0.4) is 0 Å². The molecule has 0 aliphatic carbocycles. The predicted molar refractivity (Wildman–Crippen MR) is 124 cm³/mol. The van der Waals surface area contributed by atoms with Crippen LogP contribution in [-0.4, -0.2) is 45.4 Å². The lowest BCUT2D eigenvalue weighted by Gasteiger charge is -2.33. The molecular formula is C24H26F4N6O2. The van der Waals surface area contributed by atoms with E-state index in [1.54, 1.807) is 22.9 Å². The Morgan fingerprint density at radius 2 is 2.00 bits per heavy atom. The SMILES string of the molecule is CCc1cccc(F)c1.NC(=O)N1CCC2(C1)OCCn1nc(-c3cnc(N)c(C(F)(F)F)c3)cc12. The van der Waals surface area contributed by atoms with Crippen molar-refractivity contribution in [1.29, 1.82) is 0 Å². The fourth-order valence-corrected chi connectivity index (χ4v) is 4.39. The third-order valence-corrected chi connectivity index (χ3v) is 6.29. The molecule has 8 nitrogen and oxygen atoms in total. The van der Waals surface area contributed by atoms with Crippen LogP contribution >= 0.6 is 0 Å². The average molecular weight is 507 g/mol. The highest BCUT2D eigenvalue weighted by Gasteiger charge is 2.46. The van der Waals surface area contributed by atoms with Gasteiger partial charge in [-0.3, -0.25) is 4.68 Å². The summed E-state index contributed by atoms with van der Waals surface area (Å²) in [5.74, 6) is -0.725. The molecule has 192 valence electrons. The number of carbonyl (C=O) groups is 1. The molecule has 2 aliphatic heterocycles. The number of halogens is 4. The van der Waals surface area contributed by atoms with Gasteiger partial charge in [0.15, 0.2) is 0 Å². The molecule has 3 aromatic rings. The van der Waals surface area contributed by atoms with E-state index in [0.717, 1.165) is 18.1 Å². The molecule has 2 aromatic heterocycles. The monoisotopic (exact) mass is 506 g/mol. The lowest BCUT2D eigenvalue weighted by molar-refractivity contribution is -0.137. The number of anilines is 1. The zero-order chi connectivity index (χ0) is 26.1. The summed E-state index contributed by atoms with van der Waals surface area (Å²) >= 11 is 0. The quantitative estimate of drug-likeness (QED) is 0.512. The number of nitrogen functional groups attached to an aromatic ring is 1. The summed E-state index contributed by atoms with van der Waals surface area (Å²) in [6.45, 7) is 3.57. The van der Waals surface area contributed by atoms with Crippen molar-refractivity contribution >= 4 is 11.8 Å². The maximum atomic E-state index is 13.1. The number of carbonyl (C=O) groups excluding carboxylic acids is 1. The van der Waals surface area contributed by atoms with E-state index in [1.807, 2.05) is 13.0 Å². The number of nitrogens with zero attached hydrogens (tertiary/aromatic N) is 4. The van der Waals surface area contributed by atoms with Gasteiger partial charge in [-0.1, -0.05) is 19.1 Å². The first kappa shape index (κ1) is 25.4. The second-order valence-electron chi connectivity index (χ2n) is 8.63. The van der Waals surface area contributed by atoms with Crippen LogP contribution in [0.25, 0.3) is 11.3 Å². The van der Waals surface area contributed by atoms with E-state index in [-0.39, 0.29) is 17.9 Å². The molecule has 0 radical (unpaired) electrons. The molecule has 5 rings (SSSR count). The average Bonchev–Trinajstić information content (AvgIpc) is 3.45. The number of hydrogen-bond acceptors (Lipinski definition) is 5. The van der Waals surface area contributed by atoms with Crippen LogP contribution in [0.2, 0.25) is 0 Å². The minimum Gasteiger partial charge on any atom is -0.383 e. The second kappa shape index (κ2) is 9.76. The normalized spacial score (nSPS) is 19.1. The molecule has 1 fully saturated rings. The highest BCUT2D eigenvalue weighted by Crippen LogP contribution is 2.40. The molecule has 1 aromatic carbocycles. The van der Waals surface area contributed by atoms with E-state index in [1.165, 1.54) is 17.2 Å². The van der Waals surface area contributed by atoms with Crippen LogP contribution < -0.4 is 11.5 Å². The molecule has 4 N–H and O–H groups in total. The maximum absolute atomic E-state index is 13.1. The van der Waals surface area contributed by atoms with Crippen molar-refractivity contribution in [1.82, 2.24) is 19.7 Å². The summed E-state index contributed by atoms with van der Waals surface area (Å²) in [5, 5.41) is 4.42. The first-order valence-electron chi connectivity index (χ1n) is 11.4. The van der Waals surface area contributed by atoms with Crippen molar-refractivity contribution < 1.29 is 27.1 Å². The third kappa shape index (κ3) is 5.13. The largest absolute Gasteiger partial charge is 0.419 e. The molecule has 0 saturated carbocycles. The van der Waals surface area contributed by atoms with Gasteiger partial charge in [0, 0.05) is 24.7 Å². The number of primary amides is 1. The van der Waals surface area contributed by atoms with Gasteiger partial charge in [-0.15, -0.1) is 0 Å². The van der Waals surface area contributed by atoms with E-state index >= 15 is 0 Å². The van der Waals surface area contributed by atoms with Gasteiger partial charge in [-0.25, -0.2) is 14.2 Å². The molecule has 1 saturated heterocycles. The Labute approximate surface area is 204 Å². The maximum Gasteiger partial charge on any atom is 0.419 e. The molecule has 4 heterocycles. The summed E-state index contributed by atoms with van der Waals surface area (Å²) in [7, 11) is 0. The number of likely N-dealkylation sites (tertiary alicyclic amines) is 1. The van der Waals surface area contributed by atoms with Crippen molar-refractivity contribution in [3.63, 3.8) is 0 Å². The number of nitrogens with two attached hydrogens (primary N) is 2.